The van der Waals surface area contributed by atoms with Gasteiger partial charge in [-0.25, -0.2) is 0 Å². The molecule has 2 rings (SSSR count). The number of halogens is 2. The lowest BCUT2D eigenvalue weighted by atomic mass is 10.2. The van der Waals surface area contributed by atoms with Crippen LogP contribution in [0.15, 0.2) is 22.7 Å². The normalized spacial score (nSPS) is 20.6. The van der Waals surface area contributed by atoms with E-state index in [1.54, 1.807) is 0 Å². The highest BCUT2D eigenvalue weighted by Crippen LogP contribution is 2.22. The quantitative estimate of drug-likeness (QED) is 0.648. The first-order valence-electron chi connectivity index (χ1n) is 5.94. The topological polar surface area (TPSA) is 29.5 Å². The Morgan fingerprint density at radius 1 is 1.56 bits per heavy atom. The molecule has 0 radical (unpaired) electrons. The van der Waals surface area contributed by atoms with E-state index in [0.29, 0.717) is 6.54 Å². The highest BCUT2D eigenvalue weighted by molar-refractivity contribution is 14.1. The molecule has 0 bridgehead atoms. The minimum Gasteiger partial charge on any atom is -0.377 e. The van der Waals surface area contributed by atoms with Crippen LogP contribution in [0.1, 0.15) is 23.7 Å². The number of nitrogens with zero attached hydrogens (tertiary/aromatic N) is 1. The van der Waals surface area contributed by atoms with E-state index in [1.807, 2.05) is 30.0 Å². The van der Waals surface area contributed by atoms with Gasteiger partial charge in [0.25, 0.3) is 5.91 Å². The Morgan fingerprint density at radius 2 is 2.33 bits per heavy atom. The first kappa shape index (κ1) is 14.3. The van der Waals surface area contributed by atoms with Crippen LogP contribution in [0.25, 0.3) is 0 Å². The molecule has 98 valence electrons. The van der Waals surface area contributed by atoms with Crippen LogP contribution in [0.4, 0.5) is 0 Å². The second-order valence-corrected chi connectivity index (χ2v) is 6.51. The summed E-state index contributed by atoms with van der Waals surface area (Å²) in [7, 11) is 0. The van der Waals surface area contributed by atoms with Crippen LogP contribution < -0.4 is 0 Å². The SMILES string of the molecule is CC1CN(C(=O)c2cc(I)ccc2Br)CCCO1. The number of benzene rings is 1. The first-order valence-corrected chi connectivity index (χ1v) is 7.81. The highest BCUT2D eigenvalue weighted by Gasteiger charge is 2.22. The lowest BCUT2D eigenvalue weighted by Gasteiger charge is -2.22. The van der Waals surface area contributed by atoms with Gasteiger partial charge in [-0.1, -0.05) is 0 Å². The average molecular weight is 424 g/mol. The molecule has 1 aromatic carbocycles. The summed E-state index contributed by atoms with van der Waals surface area (Å²) in [5.41, 5.74) is 0.732. The van der Waals surface area contributed by atoms with E-state index in [-0.39, 0.29) is 12.0 Å². The van der Waals surface area contributed by atoms with Crippen LogP contribution in [-0.2, 0) is 4.74 Å². The zero-order valence-electron chi connectivity index (χ0n) is 10.2. The van der Waals surface area contributed by atoms with Gasteiger partial charge in [-0.15, -0.1) is 0 Å². The van der Waals surface area contributed by atoms with Gasteiger partial charge in [0.1, 0.15) is 0 Å². The Labute approximate surface area is 129 Å². The monoisotopic (exact) mass is 423 g/mol. The van der Waals surface area contributed by atoms with E-state index in [4.69, 9.17) is 4.74 Å². The van der Waals surface area contributed by atoms with Gasteiger partial charge in [0.15, 0.2) is 0 Å². The number of rotatable bonds is 1. The number of ether oxygens (including phenoxy) is 1. The minimum absolute atomic E-state index is 0.0812. The molecular formula is C13H15BrINO2. The van der Waals surface area contributed by atoms with Crippen LogP contribution in [0.2, 0.25) is 0 Å². The fourth-order valence-corrected chi connectivity index (χ4v) is 2.92. The van der Waals surface area contributed by atoms with Crippen molar-refractivity contribution in [3.63, 3.8) is 0 Å². The third kappa shape index (κ3) is 3.45. The van der Waals surface area contributed by atoms with Crippen LogP contribution in [0.3, 0.4) is 0 Å². The maximum absolute atomic E-state index is 12.5. The second kappa shape index (κ2) is 6.34. The number of carbonyl (C=O) groups is 1. The molecule has 1 unspecified atom stereocenters. The molecule has 0 aromatic heterocycles. The maximum atomic E-state index is 12.5. The van der Waals surface area contributed by atoms with E-state index in [1.165, 1.54) is 0 Å². The van der Waals surface area contributed by atoms with E-state index >= 15 is 0 Å². The Morgan fingerprint density at radius 3 is 3.11 bits per heavy atom. The molecule has 0 aliphatic carbocycles. The number of hydrogen-bond acceptors (Lipinski definition) is 2. The maximum Gasteiger partial charge on any atom is 0.255 e. The second-order valence-electron chi connectivity index (χ2n) is 4.41. The summed E-state index contributed by atoms with van der Waals surface area (Å²) >= 11 is 5.67. The fraction of sp³-hybridized carbons (Fsp3) is 0.462. The van der Waals surface area contributed by atoms with E-state index in [0.717, 1.165) is 33.2 Å². The summed E-state index contributed by atoms with van der Waals surface area (Å²) in [5, 5.41) is 0. The molecule has 3 nitrogen and oxygen atoms in total. The summed E-state index contributed by atoms with van der Waals surface area (Å²) in [4.78, 5) is 14.4. The molecule has 1 heterocycles. The number of hydrogen-bond donors (Lipinski definition) is 0. The highest BCUT2D eigenvalue weighted by atomic mass is 127. The molecule has 1 aromatic rings. The predicted molar refractivity (Wildman–Crippen MR) is 82.8 cm³/mol. The van der Waals surface area contributed by atoms with Crippen molar-refractivity contribution in [2.75, 3.05) is 19.7 Å². The lowest BCUT2D eigenvalue weighted by molar-refractivity contribution is 0.0562. The molecule has 1 aliphatic rings. The molecule has 1 aliphatic heterocycles. The Kier molecular flexibility index (Phi) is 5.03. The third-order valence-corrected chi connectivity index (χ3v) is 4.26. The Balaban J connectivity index is 2.21. The molecular weight excluding hydrogens is 409 g/mol. The van der Waals surface area contributed by atoms with Crippen LogP contribution in [0.5, 0.6) is 0 Å². The lowest BCUT2D eigenvalue weighted by Crippen LogP contribution is -2.36. The zero-order valence-corrected chi connectivity index (χ0v) is 13.9. The number of carbonyl (C=O) groups excluding carboxylic acids is 1. The average Bonchev–Trinajstić information content (AvgIpc) is 2.56. The van der Waals surface area contributed by atoms with Crippen molar-refractivity contribution in [2.24, 2.45) is 0 Å². The largest absolute Gasteiger partial charge is 0.377 e. The molecule has 5 heteroatoms. The molecule has 0 saturated carbocycles. The number of amides is 1. The van der Waals surface area contributed by atoms with Crippen molar-refractivity contribution < 1.29 is 9.53 Å². The van der Waals surface area contributed by atoms with Crippen molar-refractivity contribution in [2.45, 2.75) is 19.4 Å². The summed E-state index contributed by atoms with van der Waals surface area (Å²) in [6.45, 7) is 4.17. The van der Waals surface area contributed by atoms with Gasteiger partial charge in [0.2, 0.25) is 0 Å². The zero-order chi connectivity index (χ0) is 13.1. The van der Waals surface area contributed by atoms with Gasteiger partial charge in [0.05, 0.1) is 11.7 Å². The van der Waals surface area contributed by atoms with Gasteiger partial charge in [-0.2, -0.15) is 0 Å². The Bertz CT molecular complexity index is 453. The van der Waals surface area contributed by atoms with E-state index in [2.05, 4.69) is 38.5 Å². The summed E-state index contributed by atoms with van der Waals surface area (Å²) in [6, 6.07) is 5.83. The van der Waals surface area contributed by atoms with Crippen molar-refractivity contribution in [3.8, 4) is 0 Å². The summed E-state index contributed by atoms with van der Waals surface area (Å²) in [6.07, 6.45) is 1.01. The van der Waals surface area contributed by atoms with Gasteiger partial charge >= 0.3 is 0 Å². The van der Waals surface area contributed by atoms with Crippen LogP contribution >= 0.6 is 38.5 Å². The molecule has 18 heavy (non-hydrogen) atoms. The third-order valence-electron chi connectivity index (χ3n) is 2.90. The van der Waals surface area contributed by atoms with E-state index in [9.17, 15) is 4.79 Å². The fourth-order valence-electron chi connectivity index (χ4n) is 2.01. The predicted octanol–water partition coefficient (Wildman–Crippen LogP) is 3.30. The molecule has 0 spiro atoms. The van der Waals surface area contributed by atoms with Crippen LogP contribution in [-0.4, -0.2) is 36.6 Å². The van der Waals surface area contributed by atoms with Crippen LogP contribution in [0, 0.1) is 3.57 Å². The molecule has 1 atom stereocenters. The Hall–Kier alpha value is -0.140. The van der Waals surface area contributed by atoms with Gasteiger partial charge in [-0.3, -0.25) is 4.79 Å². The first-order chi connectivity index (χ1) is 8.58. The molecule has 0 N–H and O–H groups in total. The van der Waals surface area contributed by atoms with Crippen molar-refractivity contribution in [1.29, 1.82) is 0 Å². The van der Waals surface area contributed by atoms with E-state index < -0.39 is 0 Å². The van der Waals surface area contributed by atoms with Crippen molar-refractivity contribution in [1.82, 2.24) is 4.90 Å². The van der Waals surface area contributed by atoms with Gasteiger partial charge in [-0.05, 0) is 70.1 Å². The van der Waals surface area contributed by atoms with Crippen molar-refractivity contribution >= 4 is 44.4 Å². The minimum atomic E-state index is 0.0812. The molecule has 1 saturated heterocycles. The van der Waals surface area contributed by atoms with Crippen molar-refractivity contribution in [3.05, 3.63) is 31.8 Å². The van der Waals surface area contributed by atoms with Gasteiger partial charge in [0, 0.05) is 27.7 Å². The summed E-state index contributed by atoms with van der Waals surface area (Å²) in [5.74, 6) is 0.0812. The smallest absolute Gasteiger partial charge is 0.255 e. The molecule has 1 fully saturated rings. The van der Waals surface area contributed by atoms with Gasteiger partial charge < -0.3 is 9.64 Å². The summed E-state index contributed by atoms with van der Waals surface area (Å²) < 4.78 is 7.49. The standard InChI is InChI=1S/C13H15BrINO2/c1-9-8-16(5-2-6-18-9)13(17)11-7-10(15)3-4-12(11)14/h3-4,7,9H,2,5-6,8H2,1H3. The molecule has 1 amide bonds.